The molecule has 0 aliphatic rings. The van der Waals surface area contributed by atoms with Gasteiger partial charge in [0.1, 0.15) is 12.4 Å². The van der Waals surface area contributed by atoms with Crippen LogP contribution in [0.1, 0.15) is 6.92 Å². The average Bonchev–Trinajstić information content (AvgIpc) is 2.45. The summed E-state index contributed by atoms with van der Waals surface area (Å²) in [6, 6.07) is 6.74. The van der Waals surface area contributed by atoms with Crippen LogP contribution in [0.5, 0.6) is 0 Å². The molecule has 0 fully saturated rings. The molecule has 1 aromatic carbocycles. The van der Waals surface area contributed by atoms with Crippen molar-refractivity contribution in [3.05, 3.63) is 52.7 Å². The zero-order valence-electron chi connectivity index (χ0n) is 11.5. The van der Waals surface area contributed by atoms with E-state index in [1.807, 2.05) is 6.92 Å². The Labute approximate surface area is 120 Å². The number of nitrogens with one attached hydrogen (secondary N) is 2. The van der Waals surface area contributed by atoms with Crippen molar-refractivity contribution < 1.29 is 9.18 Å². The van der Waals surface area contributed by atoms with Crippen molar-refractivity contribution >= 4 is 17.3 Å². The number of amides is 1. The van der Waals surface area contributed by atoms with Gasteiger partial charge in [-0.25, -0.2) is 9.07 Å². The first-order chi connectivity index (χ1) is 10.1. The molecule has 21 heavy (non-hydrogen) atoms. The highest BCUT2D eigenvalue weighted by Crippen LogP contribution is 2.08. The van der Waals surface area contributed by atoms with Crippen LogP contribution in [-0.4, -0.2) is 22.2 Å². The Morgan fingerprint density at radius 2 is 2.00 bits per heavy atom. The lowest BCUT2D eigenvalue weighted by atomic mass is 10.3. The second-order valence-corrected chi connectivity index (χ2v) is 4.33. The Hall–Kier alpha value is -2.70. The molecule has 7 heteroatoms. The van der Waals surface area contributed by atoms with Gasteiger partial charge < -0.3 is 10.6 Å². The van der Waals surface area contributed by atoms with Gasteiger partial charge in [-0.2, -0.15) is 5.10 Å². The Bertz CT molecular complexity index is 682. The Morgan fingerprint density at radius 3 is 2.62 bits per heavy atom. The number of benzene rings is 1. The van der Waals surface area contributed by atoms with Crippen LogP contribution in [0.25, 0.3) is 0 Å². The van der Waals surface area contributed by atoms with Crippen molar-refractivity contribution in [2.75, 3.05) is 17.2 Å². The summed E-state index contributed by atoms with van der Waals surface area (Å²) in [5, 5.41) is 9.44. The van der Waals surface area contributed by atoms with Gasteiger partial charge in [-0.15, -0.1) is 0 Å². The molecule has 0 saturated carbocycles. The molecule has 6 nitrogen and oxygen atoms in total. The van der Waals surface area contributed by atoms with E-state index in [2.05, 4.69) is 15.7 Å². The summed E-state index contributed by atoms with van der Waals surface area (Å²) in [5.74, 6) is -0.794. The van der Waals surface area contributed by atoms with Crippen molar-refractivity contribution in [3.63, 3.8) is 0 Å². The number of nitrogens with zero attached hydrogens (tertiary/aromatic N) is 2. The topological polar surface area (TPSA) is 76.0 Å². The minimum Gasteiger partial charge on any atom is -0.384 e. The molecule has 1 aromatic heterocycles. The average molecular weight is 290 g/mol. The first-order valence-electron chi connectivity index (χ1n) is 6.45. The highest BCUT2D eigenvalue weighted by Gasteiger charge is 2.07. The summed E-state index contributed by atoms with van der Waals surface area (Å²) in [7, 11) is 0. The third kappa shape index (κ3) is 4.13. The Morgan fingerprint density at radius 1 is 1.29 bits per heavy atom. The van der Waals surface area contributed by atoms with Crippen LogP contribution < -0.4 is 16.2 Å². The fraction of sp³-hybridized carbons (Fsp3) is 0.214. The van der Waals surface area contributed by atoms with Crippen LogP contribution >= 0.6 is 0 Å². The maximum absolute atomic E-state index is 12.8. The second kappa shape index (κ2) is 6.65. The summed E-state index contributed by atoms with van der Waals surface area (Å²) in [4.78, 5) is 23.6. The molecular weight excluding hydrogens is 275 g/mol. The third-order valence-corrected chi connectivity index (χ3v) is 2.67. The number of hydrogen-bond donors (Lipinski definition) is 2. The van der Waals surface area contributed by atoms with Gasteiger partial charge >= 0.3 is 0 Å². The maximum Gasteiger partial charge on any atom is 0.269 e. The van der Waals surface area contributed by atoms with Crippen molar-refractivity contribution in [2.24, 2.45) is 0 Å². The fourth-order valence-corrected chi connectivity index (χ4v) is 1.72. The van der Waals surface area contributed by atoms with Crippen LogP contribution in [-0.2, 0) is 11.3 Å². The van der Waals surface area contributed by atoms with Crippen LogP contribution in [0, 0.1) is 5.82 Å². The van der Waals surface area contributed by atoms with E-state index in [0.717, 1.165) is 4.68 Å². The Kier molecular flexibility index (Phi) is 4.65. The number of aromatic nitrogens is 2. The van der Waals surface area contributed by atoms with Crippen LogP contribution in [0.15, 0.2) is 41.3 Å². The van der Waals surface area contributed by atoms with Crippen molar-refractivity contribution in [2.45, 2.75) is 13.5 Å². The molecule has 0 bridgehead atoms. The molecule has 0 radical (unpaired) electrons. The molecule has 110 valence electrons. The zero-order valence-corrected chi connectivity index (χ0v) is 11.5. The number of carbonyl (C=O) groups is 1. The highest BCUT2D eigenvalue weighted by molar-refractivity contribution is 5.90. The predicted octanol–water partition coefficient (Wildman–Crippen LogP) is 1.45. The van der Waals surface area contributed by atoms with Crippen LogP contribution in [0.4, 0.5) is 15.8 Å². The lowest BCUT2D eigenvalue weighted by molar-refractivity contribution is -0.117. The molecule has 2 rings (SSSR count). The first kappa shape index (κ1) is 14.7. The lowest BCUT2D eigenvalue weighted by Gasteiger charge is -2.07. The quantitative estimate of drug-likeness (QED) is 0.874. The molecule has 1 heterocycles. The standard InChI is InChI=1S/C14H15FN4O2/c1-2-16-12-7-14(21)19(17-8-12)9-13(20)18-11-5-3-10(15)4-6-11/h3-8,16H,2,9H2,1H3,(H,18,20). The van der Waals surface area contributed by atoms with Crippen molar-refractivity contribution in [3.8, 4) is 0 Å². The smallest absolute Gasteiger partial charge is 0.269 e. The number of hydrogen-bond acceptors (Lipinski definition) is 4. The molecule has 0 aliphatic heterocycles. The van der Waals surface area contributed by atoms with Gasteiger partial charge in [-0.1, -0.05) is 0 Å². The second-order valence-electron chi connectivity index (χ2n) is 4.33. The number of rotatable bonds is 5. The van der Waals surface area contributed by atoms with Crippen LogP contribution in [0.2, 0.25) is 0 Å². The summed E-state index contributed by atoms with van der Waals surface area (Å²) >= 11 is 0. The number of carbonyl (C=O) groups excluding carboxylic acids is 1. The lowest BCUT2D eigenvalue weighted by Crippen LogP contribution is -2.29. The molecule has 2 aromatic rings. The first-order valence-corrected chi connectivity index (χ1v) is 6.45. The van der Waals surface area contributed by atoms with E-state index < -0.39 is 5.91 Å². The Balaban J connectivity index is 2.02. The van der Waals surface area contributed by atoms with E-state index in [1.54, 1.807) is 0 Å². The largest absolute Gasteiger partial charge is 0.384 e. The maximum atomic E-state index is 12.8. The molecular formula is C14H15FN4O2. The predicted molar refractivity (Wildman–Crippen MR) is 77.7 cm³/mol. The van der Waals surface area contributed by atoms with Gasteiger partial charge in [0.25, 0.3) is 5.56 Å². The van der Waals surface area contributed by atoms with Crippen molar-refractivity contribution in [1.29, 1.82) is 0 Å². The van der Waals surface area contributed by atoms with Gasteiger partial charge in [-0.3, -0.25) is 9.59 Å². The molecule has 0 spiro atoms. The van der Waals surface area contributed by atoms with E-state index >= 15 is 0 Å². The van der Waals surface area contributed by atoms with E-state index in [1.165, 1.54) is 36.5 Å². The fourth-order valence-electron chi connectivity index (χ4n) is 1.72. The molecule has 2 N–H and O–H groups in total. The van der Waals surface area contributed by atoms with Gasteiger partial charge in [0, 0.05) is 18.3 Å². The van der Waals surface area contributed by atoms with Gasteiger partial charge in [0.2, 0.25) is 5.91 Å². The molecule has 1 amide bonds. The third-order valence-electron chi connectivity index (χ3n) is 2.67. The van der Waals surface area contributed by atoms with E-state index in [-0.39, 0.29) is 17.9 Å². The molecule has 0 saturated heterocycles. The molecule has 0 atom stereocenters. The monoisotopic (exact) mass is 290 g/mol. The summed E-state index contributed by atoms with van der Waals surface area (Å²) in [6.07, 6.45) is 1.48. The van der Waals surface area contributed by atoms with Crippen LogP contribution in [0.3, 0.4) is 0 Å². The van der Waals surface area contributed by atoms with E-state index in [4.69, 9.17) is 0 Å². The van der Waals surface area contributed by atoms with E-state index in [0.29, 0.717) is 17.9 Å². The van der Waals surface area contributed by atoms with E-state index in [9.17, 15) is 14.0 Å². The minimum absolute atomic E-state index is 0.206. The van der Waals surface area contributed by atoms with Gasteiger partial charge in [0.15, 0.2) is 0 Å². The molecule has 0 aliphatic carbocycles. The van der Waals surface area contributed by atoms with Gasteiger partial charge in [0.05, 0.1) is 11.9 Å². The normalized spacial score (nSPS) is 10.2. The zero-order chi connectivity index (χ0) is 15.2. The summed E-state index contributed by atoms with van der Waals surface area (Å²) in [6.45, 7) is 2.38. The van der Waals surface area contributed by atoms with Gasteiger partial charge in [-0.05, 0) is 31.2 Å². The number of anilines is 2. The minimum atomic E-state index is -0.410. The summed E-state index contributed by atoms with van der Waals surface area (Å²) in [5.41, 5.74) is 0.694. The molecule has 0 unspecified atom stereocenters. The summed E-state index contributed by atoms with van der Waals surface area (Å²) < 4.78 is 13.8. The highest BCUT2D eigenvalue weighted by atomic mass is 19.1. The number of halogens is 1. The van der Waals surface area contributed by atoms with Crippen molar-refractivity contribution in [1.82, 2.24) is 9.78 Å². The SMILES string of the molecule is CCNc1cnn(CC(=O)Nc2ccc(F)cc2)c(=O)c1.